The first-order valence-electron chi connectivity index (χ1n) is 7.10. The number of carbonyl (C=O) groups is 2. The lowest BCUT2D eigenvalue weighted by molar-refractivity contribution is -0.125. The lowest BCUT2D eigenvalue weighted by Gasteiger charge is -2.22. The van der Waals surface area contributed by atoms with Crippen molar-refractivity contribution in [1.82, 2.24) is 10.6 Å². The van der Waals surface area contributed by atoms with Gasteiger partial charge in [-0.2, -0.15) is 0 Å². The molecule has 2 rings (SSSR count). The molecule has 0 aromatic heterocycles. The van der Waals surface area contributed by atoms with Gasteiger partial charge in [0.1, 0.15) is 6.04 Å². The Morgan fingerprint density at radius 3 is 2.71 bits per heavy atom. The van der Waals surface area contributed by atoms with Gasteiger partial charge in [0.15, 0.2) is 0 Å². The van der Waals surface area contributed by atoms with Crippen molar-refractivity contribution in [2.24, 2.45) is 0 Å². The molecule has 3 N–H and O–H groups in total. The van der Waals surface area contributed by atoms with Crippen LogP contribution in [0.4, 0.5) is 5.69 Å². The van der Waals surface area contributed by atoms with Crippen molar-refractivity contribution in [3.05, 3.63) is 29.8 Å². The Morgan fingerprint density at radius 1 is 1.33 bits per heavy atom. The van der Waals surface area contributed by atoms with Gasteiger partial charge in [0.25, 0.3) is 0 Å². The first kappa shape index (κ1) is 15.5. The van der Waals surface area contributed by atoms with E-state index in [1.165, 1.54) is 6.92 Å². The molecule has 0 radical (unpaired) electrons. The van der Waals surface area contributed by atoms with E-state index in [1.54, 1.807) is 0 Å². The van der Waals surface area contributed by atoms with Gasteiger partial charge in [0, 0.05) is 25.7 Å². The fraction of sp³-hybridized carbons (Fsp3) is 0.467. The van der Waals surface area contributed by atoms with Gasteiger partial charge in [-0.1, -0.05) is 12.1 Å². The summed E-state index contributed by atoms with van der Waals surface area (Å²) in [6, 6.07) is 7.35. The Morgan fingerprint density at radius 2 is 2.10 bits per heavy atom. The summed E-state index contributed by atoms with van der Waals surface area (Å²) in [5.41, 5.74) is 1.89. The normalized spacial score (nSPS) is 18.0. The van der Waals surface area contributed by atoms with Gasteiger partial charge in [-0.3, -0.25) is 9.59 Å². The molecular formula is C15H21N3O3. The molecule has 2 amide bonds. The minimum Gasteiger partial charge on any atom is -0.378 e. The van der Waals surface area contributed by atoms with Gasteiger partial charge in [-0.05, 0) is 24.1 Å². The van der Waals surface area contributed by atoms with Crippen LogP contribution in [0.5, 0.6) is 0 Å². The van der Waals surface area contributed by atoms with Crippen molar-refractivity contribution >= 4 is 17.5 Å². The third-order valence-electron chi connectivity index (χ3n) is 3.23. The van der Waals surface area contributed by atoms with Crippen LogP contribution in [0.25, 0.3) is 0 Å². The summed E-state index contributed by atoms with van der Waals surface area (Å²) in [7, 11) is 0. The van der Waals surface area contributed by atoms with Gasteiger partial charge in [-0.25, -0.2) is 0 Å². The third kappa shape index (κ3) is 5.17. The van der Waals surface area contributed by atoms with Crippen LogP contribution in [0.3, 0.4) is 0 Å². The average molecular weight is 291 g/mol. The molecule has 1 unspecified atom stereocenters. The second kappa shape index (κ2) is 7.75. The molecule has 1 heterocycles. The van der Waals surface area contributed by atoms with E-state index < -0.39 is 0 Å². The van der Waals surface area contributed by atoms with Gasteiger partial charge < -0.3 is 20.7 Å². The summed E-state index contributed by atoms with van der Waals surface area (Å²) in [5, 5.41) is 8.73. The van der Waals surface area contributed by atoms with Crippen LogP contribution >= 0.6 is 0 Å². The summed E-state index contributed by atoms with van der Waals surface area (Å²) in [6.07, 6.45) is 0.750. The minimum atomic E-state index is -0.249. The van der Waals surface area contributed by atoms with Gasteiger partial charge in [-0.15, -0.1) is 0 Å². The number of morpholine rings is 1. The summed E-state index contributed by atoms with van der Waals surface area (Å²) >= 11 is 0. The Bertz CT molecular complexity index is 481. The highest BCUT2D eigenvalue weighted by molar-refractivity contribution is 5.88. The highest BCUT2D eigenvalue weighted by Gasteiger charge is 2.20. The van der Waals surface area contributed by atoms with E-state index in [0.29, 0.717) is 26.3 Å². The fourth-order valence-electron chi connectivity index (χ4n) is 2.15. The molecule has 0 spiro atoms. The van der Waals surface area contributed by atoms with Crippen molar-refractivity contribution in [2.45, 2.75) is 19.4 Å². The van der Waals surface area contributed by atoms with Crippen LogP contribution in [0.2, 0.25) is 0 Å². The largest absolute Gasteiger partial charge is 0.378 e. The quantitative estimate of drug-likeness (QED) is 0.728. The molecule has 6 nitrogen and oxygen atoms in total. The van der Waals surface area contributed by atoms with E-state index in [9.17, 15) is 9.59 Å². The third-order valence-corrected chi connectivity index (χ3v) is 3.23. The molecule has 114 valence electrons. The van der Waals surface area contributed by atoms with Gasteiger partial charge in [0.2, 0.25) is 11.8 Å². The SMILES string of the molecule is CC(=O)Nc1ccc(CCNC(=O)C2COCCN2)cc1. The molecular weight excluding hydrogens is 270 g/mol. The van der Waals surface area contributed by atoms with Crippen LogP contribution in [0.15, 0.2) is 24.3 Å². The molecule has 1 aliphatic rings. The standard InChI is InChI=1S/C15H21N3O3/c1-11(19)18-13-4-2-12(3-5-13)6-7-17-15(20)14-10-21-9-8-16-14/h2-5,14,16H,6-10H2,1H3,(H,17,20)(H,18,19). The van der Waals surface area contributed by atoms with Gasteiger partial charge >= 0.3 is 0 Å². The predicted molar refractivity (Wildman–Crippen MR) is 80.1 cm³/mol. The molecule has 1 aromatic rings. The smallest absolute Gasteiger partial charge is 0.239 e. The zero-order valence-electron chi connectivity index (χ0n) is 12.1. The monoisotopic (exact) mass is 291 g/mol. The molecule has 1 aliphatic heterocycles. The topological polar surface area (TPSA) is 79.5 Å². The maximum absolute atomic E-state index is 11.9. The number of rotatable bonds is 5. The first-order chi connectivity index (χ1) is 10.1. The van der Waals surface area contributed by atoms with Crippen molar-refractivity contribution in [3.63, 3.8) is 0 Å². The Labute approximate surface area is 124 Å². The van der Waals surface area contributed by atoms with E-state index in [1.807, 2.05) is 24.3 Å². The van der Waals surface area contributed by atoms with Crippen molar-refractivity contribution in [1.29, 1.82) is 0 Å². The number of anilines is 1. The second-order valence-corrected chi connectivity index (χ2v) is 5.00. The summed E-state index contributed by atoms with van der Waals surface area (Å²) in [6.45, 7) is 3.85. The van der Waals surface area contributed by atoms with Crippen molar-refractivity contribution in [3.8, 4) is 0 Å². The number of amides is 2. The zero-order valence-corrected chi connectivity index (χ0v) is 12.1. The van der Waals surface area contributed by atoms with E-state index in [0.717, 1.165) is 17.7 Å². The average Bonchev–Trinajstić information content (AvgIpc) is 2.49. The molecule has 1 saturated heterocycles. The van der Waals surface area contributed by atoms with E-state index in [2.05, 4.69) is 16.0 Å². The molecule has 1 fully saturated rings. The lowest BCUT2D eigenvalue weighted by Crippen LogP contribution is -2.51. The molecule has 6 heteroatoms. The minimum absolute atomic E-state index is 0.0235. The van der Waals surface area contributed by atoms with Crippen molar-refractivity contribution < 1.29 is 14.3 Å². The number of hydrogen-bond acceptors (Lipinski definition) is 4. The Kier molecular flexibility index (Phi) is 5.71. The molecule has 1 aromatic carbocycles. The number of ether oxygens (including phenoxy) is 1. The van der Waals surface area contributed by atoms with E-state index in [4.69, 9.17) is 4.74 Å². The Hall–Kier alpha value is -1.92. The number of benzene rings is 1. The fourth-order valence-corrected chi connectivity index (χ4v) is 2.15. The van der Waals surface area contributed by atoms with Gasteiger partial charge in [0.05, 0.1) is 13.2 Å². The summed E-state index contributed by atoms with van der Waals surface area (Å²) < 4.78 is 5.25. The van der Waals surface area contributed by atoms with Crippen LogP contribution < -0.4 is 16.0 Å². The maximum Gasteiger partial charge on any atom is 0.239 e. The van der Waals surface area contributed by atoms with Crippen LogP contribution in [0, 0.1) is 0 Å². The van der Waals surface area contributed by atoms with Crippen LogP contribution in [-0.4, -0.2) is 44.2 Å². The molecule has 1 atom stereocenters. The molecule has 0 saturated carbocycles. The first-order valence-corrected chi connectivity index (χ1v) is 7.10. The van der Waals surface area contributed by atoms with E-state index in [-0.39, 0.29) is 17.9 Å². The number of hydrogen-bond donors (Lipinski definition) is 3. The zero-order chi connectivity index (χ0) is 15.1. The molecule has 0 aliphatic carbocycles. The van der Waals surface area contributed by atoms with Crippen LogP contribution in [0.1, 0.15) is 12.5 Å². The summed E-state index contributed by atoms with van der Waals surface area (Å²) in [4.78, 5) is 22.8. The van der Waals surface area contributed by atoms with E-state index >= 15 is 0 Å². The second-order valence-electron chi connectivity index (χ2n) is 5.00. The summed E-state index contributed by atoms with van der Waals surface area (Å²) in [5.74, 6) is -0.109. The highest BCUT2D eigenvalue weighted by Crippen LogP contribution is 2.09. The van der Waals surface area contributed by atoms with Crippen LogP contribution in [-0.2, 0) is 20.7 Å². The highest BCUT2D eigenvalue weighted by atomic mass is 16.5. The maximum atomic E-state index is 11.9. The predicted octanol–water partition coefficient (Wildman–Crippen LogP) is 0.292. The lowest BCUT2D eigenvalue weighted by atomic mass is 10.1. The molecule has 21 heavy (non-hydrogen) atoms. The number of nitrogens with one attached hydrogen (secondary N) is 3. The Balaban J connectivity index is 1.72. The number of carbonyl (C=O) groups excluding carboxylic acids is 2. The van der Waals surface area contributed by atoms with Crippen molar-refractivity contribution in [2.75, 3.05) is 31.6 Å². The molecule has 0 bridgehead atoms.